The van der Waals surface area contributed by atoms with E-state index in [0.29, 0.717) is 0 Å². The average molecular weight is 844 g/mol. The fraction of sp³-hybridized carbons (Fsp3) is 0.0682. The molecule has 0 aliphatic heterocycles. The summed E-state index contributed by atoms with van der Waals surface area (Å²) < 4.78 is 13.0. The molecule has 0 fully saturated rings. The van der Waals surface area contributed by atoms with Crippen LogP contribution >= 0.6 is 0 Å². The van der Waals surface area contributed by atoms with Gasteiger partial charge in [0.05, 0.1) is 5.39 Å². The minimum absolute atomic E-state index is 0. The van der Waals surface area contributed by atoms with Gasteiger partial charge in [0, 0.05) is 28.6 Å². The molecule has 0 saturated heterocycles. The SMILES string of the molecule is [U+2].[c-]1ccc([C@@H](Cc2ccc(-c3ccncc3)cc2)Cc2cc3c4ccccc4oc3c3c2oc2ccccc23)cc1.[c-]1ccccc1. The van der Waals surface area contributed by atoms with Crippen LogP contribution in [0, 0.1) is 43.2 Å². The van der Waals surface area contributed by atoms with Crippen LogP contribution in [0.3, 0.4) is 0 Å². The molecule has 3 nitrogen and oxygen atoms in total. The van der Waals surface area contributed by atoms with Gasteiger partial charge in [-0.3, -0.25) is 4.98 Å². The van der Waals surface area contributed by atoms with Gasteiger partial charge in [-0.15, -0.1) is 0 Å². The summed E-state index contributed by atoms with van der Waals surface area (Å²) in [5.41, 5.74) is 9.76. The molecule has 0 saturated carbocycles. The van der Waals surface area contributed by atoms with E-state index in [9.17, 15) is 0 Å². The van der Waals surface area contributed by atoms with Gasteiger partial charge in [0.1, 0.15) is 22.3 Å². The van der Waals surface area contributed by atoms with Crippen LogP contribution in [-0.2, 0) is 12.8 Å². The summed E-state index contributed by atoms with van der Waals surface area (Å²) in [5, 5.41) is 4.42. The van der Waals surface area contributed by atoms with Gasteiger partial charge in [0.2, 0.25) is 0 Å². The van der Waals surface area contributed by atoms with E-state index in [1.807, 2.05) is 91.3 Å². The summed E-state index contributed by atoms with van der Waals surface area (Å²) in [6.07, 6.45) is 5.42. The maximum absolute atomic E-state index is 6.57. The van der Waals surface area contributed by atoms with Crippen LogP contribution < -0.4 is 0 Å². The molecule has 0 aliphatic carbocycles. The second kappa shape index (κ2) is 14.5. The van der Waals surface area contributed by atoms with E-state index in [1.54, 1.807) is 0 Å². The van der Waals surface area contributed by atoms with Crippen LogP contribution in [-0.4, -0.2) is 4.98 Å². The van der Waals surface area contributed by atoms with Crippen molar-refractivity contribution < 1.29 is 39.9 Å². The number of aromatic nitrogens is 1. The third kappa shape index (κ3) is 6.47. The Morgan fingerprint density at radius 1 is 0.542 bits per heavy atom. The summed E-state index contributed by atoms with van der Waals surface area (Å²) in [5.74, 6) is 0.253. The van der Waals surface area contributed by atoms with Gasteiger partial charge >= 0.3 is 31.1 Å². The zero-order valence-electron chi connectivity index (χ0n) is 26.3. The summed E-state index contributed by atoms with van der Waals surface area (Å²) in [6, 6.07) is 56.0. The van der Waals surface area contributed by atoms with Crippen LogP contribution in [0.25, 0.3) is 55.0 Å². The minimum atomic E-state index is 0. The smallest absolute Gasteiger partial charge is 0.456 e. The van der Waals surface area contributed by atoms with Crippen molar-refractivity contribution in [3.05, 3.63) is 187 Å². The van der Waals surface area contributed by atoms with Crippen molar-refractivity contribution in [2.24, 2.45) is 0 Å². The minimum Gasteiger partial charge on any atom is -0.456 e. The zero-order chi connectivity index (χ0) is 31.4. The van der Waals surface area contributed by atoms with Crippen molar-refractivity contribution >= 4 is 43.9 Å². The number of rotatable bonds is 6. The van der Waals surface area contributed by atoms with E-state index in [-0.39, 0.29) is 37.0 Å². The summed E-state index contributed by atoms with van der Waals surface area (Å²) >= 11 is 0. The Morgan fingerprint density at radius 3 is 1.85 bits per heavy atom. The van der Waals surface area contributed by atoms with Gasteiger partial charge in [-0.25, -0.2) is 0 Å². The Hall–Kier alpha value is -4.88. The quantitative estimate of drug-likeness (QED) is 0.157. The van der Waals surface area contributed by atoms with Crippen LogP contribution in [0.1, 0.15) is 22.6 Å². The van der Waals surface area contributed by atoms with Crippen LogP contribution in [0.2, 0.25) is 0 Å². The number of pyridine rings is 1. The molecule has 0 unspecified atom stereocenters. The number of fused-ring (bicyclic) bond motifs is 7. The molecule has 0 amide bonds. The van der Waals surface area contributed by atoms with Crippen molar-refractivity contribution in [2.45, 2.75) is 18.8 Å². The van der Waals surface area contributed by atoms with E-state index in [0.717, 1.165) is 56.7 Å². The van der Waals surface area contributed by atoms with E-state index in [4.69, 9.17) is 8.83 Å². The van der Waals surface area contributed by atoms with Gasteiger partial charge in [-0.2, -0.15) is 72.3 Å². The molecule has 48 heavy (non-hydrogen) atoms. The molecule has 3 heterocycles. The molecule has 9 rings (SSSR count). The Balaban J connectivity index is 0.000000472. The van der Waals surface area contributed by atoms with E-state index >= 15 is 0 Å². The van der Waals surface area contributed by atoms with Gasteiger partial charge in [-0.1, -0.05) is 60.7 Å². The predicted molar refractivity (Wildman–Crippen MR) is 191 cm³/mol. The largest absolute Gasteiger partial charge is 2.00 e. The Morgan fingerprint density at radius 2 is 1.17 bits per heavy atom. The number of benzene rings is 6. The van der Waals surface area contributed by atoms with Crippen LogP contribution in [0.4, 0.5) is 0 Å². The monoisotopic (exact) mass is 843 g/mol. The number of para-hydroxylation sites is 2. The fourth-order valence-corrected chi connectivity index (χ4v) is 6.53. The molecule has 6 aromatic carbocycles. The molecule has 0 radical (unpaired) electrons. The van der Waals surface area contributed by atoms with Crippen molar-refractivity contribution in [3.8, 4) is 11.1 Å². The van der Waals surface area contributed by atoms with Gasteiger partial charge in [0.15, 0.2) is 0 Å². The third-order valence-corrected chi connectivity index (χ3v) is 8.81. The molecule has 9 aromatic rings. The second-order valence-electron chi connectivity index (χ2n) is 11.8. The number of hydrogen-bond donors (Lipinski definition) is 0. The molecule has 0 bridgehead atoms. The number of hydrogen-bond acceptors (Lipinski definition) is 3. The number of furan rings is 2. The van der Waals surface area contributed by atoms with Gasteiger partial charge in [0.25, 0.3) is 0 Å². The second-order valence-corrected chi connectivity index (χ2v) is 11.8. The van der Waals surface area contributed by atoms with E-state index in [2.05, 4.69) is 83.8 Å². The van der Waals surface area contributed by atoms with E-state index < -0.39 is 0 Å². The van der Waals surface area contributed by atoms with Crippen LogP contribution in [0.5, 0.6) is 0 Å². The molecule has 228 valence electrons. The summed E-state index contributed by atoms with van der Waals surface area (Å²) in [6.45, 7) is 0. The zero-order valence-corrected chi connectivity index (χ0v) is 30.4. The first-order valence-corrected chi connectivity index (χ1v) is 15.9. The first-order valence-electron chi connectivity index (χ1n) is 15.9. The standard InChI is InChI=1S/C38H26NO2.C6H5.U/c1-2-8-26(9-3-1)29(22-25-14-16-27(17-15-25)28-18-20-39-21-19-28)23-30-24-33-31-10-4-6-12-34(31)41-38(33)36-32-11-5-7-13-35(32)40-37(30)36;1-2-4-6-5-3-1;/h2-21,24,29H,22-23H2;1-5H;/q2*-1;+2/t29-;;/m0../s1. The van der Waals surface area contributed by atoms with Gasteiger partial charge in [-0.05, 0) is 71.3 Å². The first kappa shape index (κ1) is 31.7. The maximum atomic E-state index is 6.57. The molecule has 0 spiro atoms. The maximum Gasteiger partial charge on any atom is 2.00 e. The molecular formula is C44H31NO2U. The van der Waals surface area contributed by atoms with E-state index in [1.165, 1.54) is 27.8 Å². The molecule has 3 aromatic heterocycles. The third-order valence-electron chi connectivity index (χ3n) is 8.81. The van der Waals surface area contributed by atoms with Crippen molar-refractivity contribution in [3.63, 3.8) is 0 Å². The Bertz CT molecular complexity index is 2370. The molecule has 4 heteroatoms. The Kier molecular flexibility index (Phi) is 9.57. The molecular weight excluding hydrogens is 813 g/mol. The normalized spacial score (nSPS) is 11.7. The average Bonchev–Trinajstić information content (AvgIpc) is 3.72. The molecule has 0 N–H and O–H groups in total. The number of nitrogens with zero attached hydrogens (tertiary/aromatic N) is 1. The topological polar surface area (TPSA) is 39.2 Å². The van der Waals surface area contributed by atoms with Crippen molar-refractivity contribution in [1.29, 1.82) is 0 Å². The summed E-state index contributed by atoms with van der Waals surface area (Å²) in [4.78, 5) is 4.15. The first-order chi connectivity index (χ1) is 23.3. The van der Waals surface area contributed by atoms with Crippen molar-refractivity contribution in [2.75, 3.05) is 0 Å². The summed E-state index contributed by atoms with van der Waals surface area (Å²) in [7, 11) is 0. The predicted octanol–water partition coefficient (Wildman–Crippen LogP) is 11.4. The Labute approximate surface area is 303 Å². The fourth-order valence-electron chi connectivity index (χ4n) is 6.53. The molecule has 0 aliphatic rings. The van der Waals surface area contributed by atoms with Gasteiger partial charge < -0.3 is 8.83 Å². The molecule has 1 atom stereocenters. The van der Waals surface area contributed by atoms with Crippen molar-refractivity contribution in [1.82, 2.24) is 4.98 Å². The van der Waals surface area contributed by atoms with Crippen LogP contribution in [0.15, 0.2) is 167 Å².